The van der Waals surface area contributed by atoms with Crippen LogP contribution in [0.2, 0.25) is 0 Å². The Bertz CT molecular complexity index is 1660. The second kappa shape index (κ2) is 16.2. The molecule has 252 valence electrons. The molecule has 0 spiro atoms. The molecule has 6 rings (SSSR count). The van der Waals surface area contributed by atoms with Crippen LogP contribution in [0.1, 0.15) is 132 Å². The minimum absolute atomic E-state index is 0.408. The number of fused-ring (bicyclic) bond motifs is 1. The fraction of sp³-hybridized carbons (Fsp3) is 0.457. The summed E-state index contributed by atoms with van der Waals surface area (Å²) in [5, 5.41) is 2.15. The second-order valence-corrected chi connectivity index (χ2v) is 14.9. The van der Waals surface area contributed by atoms with E-state index in [1.54, 1.807) is 0 Å². The lowest BCUT2D eigenvalue weighted by Gasteiger charge is -2.30. The highest BCUT2D eigenvalue weighted by Crippen LogP contribution is 2.44. The molecule has 0 radical (unpaired) electrons. The zero-order chi connectivity index (χ0) is 33.5. The fourth-order valence-corrected chi connectivity index (χ4v) is 8.73. The first-order valence-electron chi connectivity index (χ1n) is 19.1. The predicted octanol–water partition coefficient (Wildman–Crippen LogP) is 13.5. The van der Waals surface area contributed by atoms with Crippen LogP contribution in [-0.2, 0) is 4.79 Å². The van der Waals surface area contributed by atoms with E-state index in [9.17, 15) is 4.79 Å². The van der Waals surface area contributed by atoms with Gasteiger partial charge in [0.05, 0.1) is 0 Å². The van der Waals surface area contributed by atoms with Gasteiger partial charge in [-0.2, -0.15) is 0 Å². The molecule has 2 saturated carbocycles. The number of aryl methyl sites for hydroxylation is 1. The number of unbranched alkanes of at least 4 members (excludes halogenated alkanes) is 2. The van der Waals surface area contributed by atoms with Gasteiger partial charge in [-0.25, -0.2) is 4.79 Å². The number of carbonyl (C=O) groups excluding carboxylic acids is 1. The van der Waals surface area contributed by atoms with Gasteiger partial charge >= 0.3 is 5.97 Å². The van der Waals surface area contributed by atoms with Crippen LogP contribution in [0.4, 0.5) is 0 Å². The van der Waals surface area contributed by atoms with Crippen molar-refractivity contribution in [2.75, 3.05) is 0 Å². The van der Waals surface area contributed by atoms with Gasteiger partial charge in [0.25, 0.3) is 0 Å². The van der Waals surface area contributed by atoms with Crippen LogP contribution >= 0.6 is 0 Å². The van der Waals surface area contributed by atoms with Gasteiger partial charge in [0.1, 0.15) is 5.75 Å². The van der Waals surface area contributed by atoms with Gasteiger partial charge in [-0.1, -0.05) is 120 Å². The van der Waals surface area contributed by atoms with E-state index in [4.69, 9.17) is 4.74 Å². The van der Waals surface area contributed by atoms with Crippen molar-refractivity contribution in [1.82, 2.24) is 0 Å². The Hall–Kier alpha value is -3.65. The van der Waals surface area contributed by atoms with E-state index in [1.165, 1.54) is 129 Å². The molecule has 0 heterocycles. The van der Waals surface area contributed by atoms with Gasteiger partial charge in [0.2, 0.25) is 0 Å². The lowest BCUT2D eigenvalue weighted by atomic mass is 9.75. The summed E-state index contributed by atoms with van der Waals surface area (Å²) < 4.78 is 5.92. The Morgan fingerprint density at radius 1 is 0.667 bits per heavy atom. The maximum absolute atomic E-state index is 12.5. The fourth-order valence-electron chi connectivity index (χ4n) is 8.73. The monoisotopic (exact) mass is 640 g/mol. The van der Waals surface area contributed by atoms with Gasteiger partial charge in [-0.3, -0.25) is 0 Å². The van der Waals surface area contributed by atoms with Crippen molar-refractivity contribution in [2.24, 2.45) is 11.8 Å². The quantitative estimate of drug-likeness (QED) is 0.0875. The summed E-state index contributed by atoms with van der Waals surface area (Å²) in [6.07, 6.45) is 19.8. The topological polar surface area (TPSA) is 26.3 Å². The van der Waals surface area contributed by atoms with Crippen molar-refractivity contribution in [3.63, 3.8) is 0 Å². The minimum atomic E-state index is -0.408. The second-order valence-electron chi connectivity index (χ2n) is 14.9. The Balaban J connectivity index is 1.19. The van der Waals surface area contributed by atoms with E-state index in [2.05, 4.69) is 100 Å². The molecule has 0 atom stereocenters. The molecule has 2 fully saturated rings. The molecule has 0 N–H and O–H groups in total. The predicted molar refractivity (Wildman–Crippen MR) is 204 cm³/mol. The molecule has 0 bridgehead atoms. The third kappa shape index (κ3) is 7.96. The number of hydrogen-bond acceptors (Lipinski definition) is 2. The Kier molecular flexibility index (Phi) is 11.5. The first-order chi connectivity index (χ1) is 23.5. The molecule has 2 heteroatoms. The van der Waals surface area contributed by atoms with Crippen LogP contribution in [0.5, 0.6) is 5.75 Å². The molecule has 48 heavy (non-hydrogen) atoms. The largest absolute Gasteiger partial charge is 0.423 e. The highest BCUT2D eigenvalue weighted by molar-refractivity contribution is 5.97. The molecule has 0 unspecified atom stereocenters. The molecule has 4 aromatic rings. The minimum Gasteiger partial charge on any atom is -0.423 e. The lowest BCUT2D eigenvalue weighted by Crippen LogP contribution is -2.15. The van der Waals surface area contributed by atoms with Crippen LogP contribution < -0.4 is 4.74 Å². The summed E-state index contributed by atoms with van der Waals surface area (Å²) in [5.74, 6) is 3.28. The number of rotatable bonds is 12. The summed E-state index contributed by atoms with van der Waals surface area (Å²) in [5.41, 5.74) is 8.94. The van der Waals surface area contributed by atoms with Crippen LogP contribution in [0.25, 0.3) is 33.0 Å². The Morgan fingerprint density at radius 2 is 1.17 bits per heavy atom. The highest BCUT2D eigenvalue weighted by atomic mass is 16.5. The van der Waals surface area contributed by atoms with Gasteiger partial charge < -0.3 is 4.74 Å². The van der Waals surface area contributed by atoms with E-state index in [-0.39, 0.29) is 0 Å². The van der Waals surface area contributed by atoms with Crippen LogP contribution in [-0.4, -0.2) is 5.97 Å². The normalized spacial score (nSPS) is 21.2. The van der Waals surface area contributed by atoms with E-state index >= 15 is 0 Å². The molecule has 2 aliphatic carbocycles. The number of carbonyl (C=O) groups is 1. The van der Waals surface area contributed by atoms with Crippen LogP contribution in [0.3, 0.4) is 0 Å². The highest BCUT2D eigenvalue weighted by Gasteiger charge is 2.26. The number of benzene rings is 4. The van der Waals surface area contributed by atoms with Gasteiger partial charge in [0.15, 0.2) is 0 Å². The maximum Gasteiger partial charge on any atom is 0.335 e. The van der Waals surface area contributed by atoms with E-state index in [0.29, 0.717) is 17.6 Å². The smallest absolute Gasteiger partial charge is 0.335 e. The number of hydrogen-bond donors (Lipinski definition) is 0. The number of esters is 1. The first-order valence-corrected chi connectivity index (χ1v) is 19.1. The van der Waals surface area contributed by atoms with Crippen molar-refractivity contribution in [2.45, 2.75) is 122 Å². The summed E-state index contributed by atoms with van der Waals surface area (Å²) in [7, 11) is 0. The first kappa shape index (κ1) is 34.2. The Morgan fingerprint density at radius 3 is 1.71 bits per heavy atom. The standard InChI is InChI=1S/C46H56O2/c1-5-8-10-33-12-16-35(17-13-33)36-20-22-37(23-21-36)38-24-26-39(27-25-38)41-28-29-42-32(4)43(31-45(44(42)30-41)48-46(47)7-3)40-18-14-34(15-19-40)11-9-6-2/h7,20-31,33-35,40H,3,5-6,8-19H2,1-2,4H3. The maximum atomic E-state index is 12.5. The molecule has 0 aliphatic heterocycles. The number of ether oxygens (including phenoxy) is 1. The van der Waals surface area contributed by atoms with E-state index in [0.717, 1.165) is 28.3 Å². The van der Waals surface area contributed by atoms with Crippen LogP contribution in [0, 0.1) is 18.8 Å². The van der Waals surface area contributed by atoms with Crippen molar-refractivity contribution in [3.8, 4) is 28.0 Å². The van der Waals surface area contributed by atoms with Gasteiger partial charge in [-0.05, 0) is 138 Å². The van der Waals surface area contributed by atoms with Crippen LogP contribution in [0.15, 0.2) is 85.5 Å². The molecule has 2 nitrogen and oxygen atoms in total. The molecule has 0 amide bonds. The third-order valence-corrected chi connectivity index (χ3v) is 11.8. The van der Waals surface area contributed by atoms with Crippen molar-refractivity contribution in [3.05, 3.63) is 102 Å². The van der Waals surface area contributed by atoms with Crippen molar-refractivity contribution >= 4 is 16.7 Å². The zero-order valence-corrected chi connectivity index (χ0v) is 29.7. The molecular formula is C46H56O2. The van der Waals surface area contributed by atoms with Crippen molar-refractivity contribution in [1.29, 1.82) is 0 Å². The summed E-state index contributed by atoms with van der Waals surface area (Å²) >= 11 is 0. The molecule has 2 aliphatic rings. The van der Waals surface area contributed by atoms with Gasteiger partial charge in [-0.15, -0.1) is 0 Å². The molecule has 0 aromatic heterocycles. The summed E-state index contributed by atoms with van der Waals surface area (Å²) in [6.45, 7) is 10.5. The molecular weight excluding hydrogens is 585 g/mol. The SMILES string of the molecule is C=CC(=O)Oc1cc(C2CCC(CCCC)CC2)c(C)c2ccc(-c3ccc(-c4ccc(C5CCC(CCCC)CC5)cc4)cc3)cc12. The summed E-state index contributed by atoms with van der Waals surface area (Å²) in [6, 6.07) is 27.1. The zero-order valence-electron chi connectivity index (χ0n) is 29.7. The average molecular weight is 641 g/mol. The van der Waals surface area contributed by atoms with Crippen molar-refractivity contribution < 1.29 is 9.53 Å². The Labute approximate surface area is 290 Å². The van der Waals surface area contributed by atoms with Gasteiger partial charge in [0, 0.05) is 11.5 Å². The average Bonchev–Trinajstić information content (AvgIpc) is 3.14. The summed E-state index contributed by atoms with van der Waals surface area (Å²) in [4.78, 5) is 12.5. The van der Waals surface area contributed by atoms with E-state index in [1.807, 2.05) is 0 Å². The molecule has 4 aromatic carbocycles. The molecule has 0 saturated heterocycles. The van der Waals surface area contributed by atoms with E-state index < -0.39 is 5.97 Å². The third-order valence-electron chi connectivity index (χ3n) is 11.8. The lowest BCUT2D eigenvalue weighted by molar-refractivity contribution is -0.128.